The first-order chi connectivity index (χ1) is 18.0. The zero-order valence-corrected chi connectivity index (χ0v) is 21.7. The van der Waals surface area contributed by atoms with Crippen molar-refractivity contribution in [1.82, 2.24) is 0 Å². The standard InChI is InChI=1S/C32H23BrN2O2/c1-19-7-6-8-21(17-19)34-18-32-25-11-4-2-9-23(25)27(24-10-3-5-12-26(24)32)28-29(32)31(37)35(30(28)36)22-15-13-20(33)14-16-22/h2-18,27-29H,1H3/t27?,28-,29-,32?/m0/s1. The molecule has 0 radical (unpaired) electrons. The van der Waals surface area contributed by atoms with Gasteiger partial charge in [0.05, 0.1) is 28.6 Å². The number of aliphatic imine (C=N–C) groups is 1. The Labute approximate surface area is 223 Å². The van der Waals surface area contributed by atoms with Crippen LogP contribution in [0.1, 0.15) is 33.7 Å². The first-order valence-corrected chi connectivity index (χ1v) is 13.2. The van der Waals surface area contributed by atoms with Crippen molar-refractivity contribution in [2.75, 3.05) is 4.90 Å². The number of aryl methyl sites for hydroxylation is 1. The molecular formula is C32H23BrN2O2. The van der Waals surface area contributed by atoms with Gasteiger partial charge in [-0.25, -0.2) is 4.90 Å². The van der Waals surface area contributed by atoms with Crippen LogP contribution in [-0.2, 0) is 15.0 Å². The Morgan fingerprint density at radius 2 is 1.46 bits per heavy atom. The molecule has 0 spiro atoms. The van der Waals surface area contributed by atoms with E-state index in [2.05, 4.69) is 40.2 Å². The molecule has 2 bridgehead atoms. The van der Waals surface area contributed by atoms with Crippen molar-refractivity contribution < 1.29 is 9.59 Å². The Kier molecular flexibility index (Phi) is 4.89. The summed E-state index contributed by atoms with van der Waals surface area (Å²) in [7, 11) is 0. The number of imide groups is 1. The van der Waals surface area contributed by atoms with E-state index in [-0.39, 0.29) is 17.7 Å². The van der Waals surface area contributed by atoms with Crippen LogP contribution in [0.25, 0.3) is 0 Å². The third-order valence-corrected chi connectivity index (χ3v) is 8.72. The van der Waals surface area contributed by atoms with E-state index in [1.165, 1.54) is 4.90 Å². The molecule has 1 fully saturated rings. The van der Waals surface area contributed by atoms with Crippen molar-refractivity contribution in [3.8, 4) is 0 Å². The summed E-state index contributed by atoms with van der Waals surface area (Å²) in [5.41, 5.74) is 6.04. The highest BCUT2D eigenvalue weighted by molar-refractivity contribution is 9.10. The van der Waals surface area contributed by atoms with Crippen LogP contribution in [0.5, 0.6) is 0 Å². The van der Waals surface area contributed by atoms with Gasteiger partial charge in [-0.2, -0.15) is 0 Å². The number of benzene rings is 4. The average Bonchev–Trinajstić information content (AvgIpc) is 3.19. The zero-order valence-electron chi connectivity index (χ0n) is 20.1. The average molecular weight is 547 g/mol. The fourth-order valence-corrected chi connectivity index (χ4v) is 7.04. The molecule has 8 rings (SSSR count). The first-order valence-electron chi connectivity index (χ1n) is 12.4. The highest BCUT2D eigenvalue weighted by Gasteiger charge is 2.67. The molecule has 0 aromatic heterocycles. The predicted molar refractivity (Wildman–Crippen MR) is 148 cm³/mol. The number of nitrogens with zero attached hydrogens (tertiary/aromatic N) is 2. The highest BCUT2D eigenvalue weighted by Crippen LogP contribution is 2.63. The number of anilines is 1. The van der Waals surface area contributed by atoms with Crippen molar-refractivity contribution in [2.24, 2.45) is 16.8 Å². The van der Waals surface area contributed by atoms with Crippen LogP contribution < -0.4 is 4.90 Å². The van der Waals surface area contributed by atoms with Gasteiger partial charge < -0.3 is 0 Å². The van der Waals surface area contributed by atoms with Gasteiger partial charge in [-0.05, 0) is 71.1 Å². The van der Waals surface area contributed by atoms with Gasteiger partial charge in [0.15, 0.2) is 0 Å². The van der Waals surface area contributed by atoms with Crippen molar-refractivity contribution >= 4 is 45.3 Å². The molecule has 2 atom stereocenters. The normalized spacial score (nSPS) is 25.4. The van der Waals surface area contributed by atoms with Crippen LogP contribution in [-0.4, -0.2) is 18.0 Å². The second kappa shape index (κ2) is 8.09. The Morgan fingerprint density at radius 3 is 2.11 bits per heavy atom. The number of rotatable bonds is 3. The molecule has 1 aliphatic heterocycles. The summed E-state index contributed by atoms with van der Waals surface area (Å²) in [6.45, 7) is 2.04. The topological polar surface area (TPSA) is 49.7 Å². The number of amides is 2. The maximum absolute atomic E-state index is 14.3. The lowest BCUT2D eigenvalue weighted by Crippen LogP contribution is -2.54. The van der Waals surface area contributed by atoms with E-state index >= 15 is 0 Å². The summed E-state index contributed by atoms with van der Waals surface area (Å²) in [5, 5.41) is 0. The summed E-state index contributed by atoms with van der Waals surface area (Å²) < 4.78 is 0.898. The summed E-state index contributed by atoms with van der Waals surface area (Å²) in [5.74, 6) is -1.55. The minimum atomic E-state index is -0.854. The van der Waals surface area contributed by atoms with Gasteiger partial charge >= 0.3 is 0 Å². The molecule has 2 amide bonds. The molecule has 37 heavy (non-hydrogen) atoms. The molecule has 0 saturated carbocycles. The lowest BCUT2D eigenvalue weighted by atomic mass is 9.47. The van der Waals surface area contributed by atoms with Crippen molar-refractivity contribution in [3.05, 3.63) is 129 Å². The maximum atomic E-state index is 14.3. The molecule has 180 valence electrons. The SMILES string of the molecule is Cc1cccc(N=CC23c4ccccc4C(c4ccccc42)[C@@H]2C(=O)N(c4ccc(Br)cc4)C(=O)[C@H]23)c1. The molecule has 3 aliphatic carbocycles. The number of carbonyl (C=O) groups excluding carboxylic acids is 2. The molecule has 1 saturated heterocycles. The van der Waals surface area contributed by atoms with Crippen LogP contribution >= 0.6 is 15.9 Å². The van der Waals surface area contributed by atoms with Crippen molar-refractivity contribution in [3.63, 3.8) is 0 Å². The fraction of sp³-hybridized carbons (Fsp3) is 0.156. The minimum absolute atomic E-state index is 0.139. The number of halogens is 1. The molecule has 0 N–H and O–H groups in total. The minimum Gasteiger partial charge on any atom is -0.274 e. The van der Waals surface area contributed by atoms with E-state index in [0.717, 1.165) is 38.0 Å². The summed E-state index contributed by atoms with van der Waals surface area (Å²) >= 11 is 3.46. The maximum Gasteiger partial charge on any atom is 0.239 e. The van der Waals surface area contributed by atoms with E-state index in [4.69, 9.17) is 4.99 Å². The molecule has 4 aliphatic rings. The predicted octanol–water partition coefficient (Wildman–Crippen LogP) is 6.71. The third-order valence-electron chi connectivity index (χ3n) is 8.19. The van der Waals surface area contributed by atoms with Crippen LogP contribution in [0.2, 0.25) is 0 Å². The van der Waals surface area contributed by atoms with Gasteiger partial charge in [0.1, 0.15) is 0 Å². The van der Waals surface area contributed by atoms with Gasteiger partial charge in [-0.15, -0.1) is 0 Å². The van der Waals surface area contributed by atoms with E-state index in [9.17, 15) is 9.59 Å². The number of hydrogen-bond acceptors (Lipinski definition) is 3. The second-order valence-corrected chi connectivity index (χ2v) is 11.0. The third kappa shape index (κ3) is 3.04. The summed E-state index contributed by atoms with van der Waals surface area (Å²) in [6.07, 6.45) is 1.95. The Hall–Kier alpha value is -3.83. The van der Waals surface area contributed by atoms with Gasteiger partial charge in [-0.1, -0.05) is 76.6 Å². The Morgan fingerprint density at radius 1 is 0.811 bits per heavy atom. The largest absolute Gasteiger partial charge is 0.274 e. The fourth-order valence-electron chi connectivity index (χ4n) is 6.78. The van der Waals surface area contributed by atoms with Crippen LogP contribution in [0.4, 0.5) is 11.4 Å². The van der Waals surface area contributed by atoms with Crippen LogP contribution in [0, 0.1) is 18.8 Å². The smallest absolute Gasteiger partial charge is 0.239 e. The summed E-state index contributed by atoms with van der Waals surface area (Å²) in [4.78, 5) is 34.9. The summed E-state index contributed by atoms with van der Waals surface area (Å²) in [6, 6.07) is 32.0. The van der Waals surface area contributed by atoms with Crippen LogP contribution in [0.15, 0.2) is 107 Å². The molecule has 5 heteroatoms. The first kappa shape index (κ1) is 22.4. The monoisotopic (exact) mass is 546 g/mol. The Balaban J connectivity index is 1.50. The molecule has 0 unspecified atom stereocenters. The molecule has 1 heterocycles. The lowest BCUT2D eigenvalue weighted by Gasteiger charge is -2.52. The van der Waals surface area contributed by atoms with Gasteiger partial charge in [-0.3, -0.25) is 14.6 Å². The molecule has 4 nitrogen and oxygen atoms in total. The molecule has 4 aromatic rings. The highest BCUT2D eigenvalue weighted by atomic mass is 79.9. The second-order valence-electron chi connectivity index (χ2n) is 10.1. The van der Waals surface area contributed by atoms with Gasteiger partial charge in [0.2, 0.25) is 11.8 Å². The van der Waals surface area contributed by atoms with E-state index in [0.29, 0.717) is 5.69 Å². The molecular weight excluding hydrogens is 524 g/mol. The number of hydrogen-bond donors (Lipinski definition) is 0. The van der Waals surface area contributed by atoms with Gasteiger partial charge in [0.25, 0.3) is 0 Å². The van der Waals surface area contributed by atoms with Crippen molar-refractivity contribution in [1.29, 1.82) is 0 Å². The van der Waals surface area contributed by atoms with E-state index < -0.39 is 17.3 Å². The van der Waals surface area contributed by atoms with E-state index in [1.54, 1.807) is 0 Å². The number of carbonyl (C=O) groups is 2. The van der Waals surface area contributed by atoms with Crippen LogP contribution in [0.3, 0.4) is 0 Å². The van der Waals surface area contributed by atoms with Gasteiger partial charge in [0, 0.05) is 16.6 Å². The quantitative estimate of drug-likeness (QED) is 0.212. The zero-order chi connectivity index (χ0) is 25.3. The Bertz CT molecular complexity index is 1580. The van der Waals surface area contributed by atoms with E-state index in [1.807, 2.05) is 85.9 Å². The van der Waals surface area contributed by atoms with Crippen molar-refractivity contribution in [2.45, 2.75) is 18.3 Å². The molecule has 4 aromatic carbocycles. The lowest BCUT2D eigenvalue weighted by molar-refractivity contribution is -0.122.